The van der Waals surface area contributed by atoms with Crippen LogP contribution in [0.2, 0.25) is 5.02 Å². The minimum Gasteiger partial charge on any atom is -0.480 e. The van der Waals surface area contributed by atoms with Crippen LogP contribution in [-0.2, 0) is 11.2 Å². The van der Waals surface area contributed by atoms with Gasteiger partial charge in [0.05, 0.1) is 5.00 Å². The molecule has 0 radical (unpaired) electrons. The van der Waals surface area contributed by atoms with Crippen molar-refractivity contribution in [1.29, 1.82) is 0 Å². The third-order valence-corrected chi connectivity index (χ3v) is 4.28. The summed E-state index contributed by atoms with van der Waals surface area (Å²) in [6.07, 6.45) is -0.187. The maximum atomic E-state index is 12.1. The molecule has 1 amide bonds. The third-order valence-electron chi connectivity index (χ3n) is 3.05. The van der Waals surface area contributed by atoms with Gasteiger partial charge >= 0.3 is 5.97 Å². The van der Waals surface area contributed by atoms with E-state index in [0.29, 0.717) is 22.2 Å². The van der Waals surface area contributed by atoms with Gasteiger partial charge in [0.25, 0.3) is 5.91 Å². The Balaban J connectivity index is 1.68. The zero-order valence-corrected chi connectivity index (χ0v) is 12.2. The van der Waals surface area contributed by atoms with E-state index in [0.717, 1.165) is 16.9 Å². The van der Waals surface area contributed by atoms with Gasteiger partial charge in [-0.3, -0.25) is 4.79 Å². The van der Waals surface area contributed by atoms with Crippen LogP contribution in [0.1, 0.15) is 15.2 Å². The zero-order valence-electron chi connectivity index (χ0n) is 10.6. The van der Waals surface area contributed by atoms with Crippen molar-refractivity contribution in [3.05, 3.63) is 45.8 Å². The van der Waals surface area contributed by atoms with Gasteiger partial charge in [0.2, 0.25) is 0 Å². The molecule has 7 heteroatoms. The summed E-state index contributed by atoms with van der Waals surface area (Å²) < 4.78 is 5.57. The molecule has 0 aliphatic carbocycles. The predicted octanol–water partition coefficient (Wildman–Crippen LogP) is 3.04. The van der Waals surface area contributed by atoms with Gasteiger partial charge in [-0.1, -0.05) is 11.6 Å². The van der Waals surface area contributed by atoms with E-state index in [1.54, 1.807) is 24.3 Å². The summed E-state index contributed by atoms with van der Waals surface area (Å²) >= 11 is 6.91. The first-order valence-corrected chi connectivity index (χ1v) is 7.31. The Labute approximate surface area is 129 Å². The number of thiophene rings is 1. The lowest BCUT2D eigenvalue weighted by Gasteiger charge is -2.09. The van der Waals surface area contributed by atoms with Gasteiger partial charge in [-0.25, -0.2) is 4.79 Å². The van der Waals surface area contributed by atoms with Gasteiger partial charge in [-0.2, -0.15) is 0 Å². The van der Waals surface area contributed by atoms with Crippen molar-refractivity contribution >= 4 is 39.8 Å². The maximum absolute atomic E-state index is 12.1. The van der Waals surface area contributed by atoms with Crippen LogP contribution in [0.25, 0.3) is 0 Å². The Hall–Kier alpha value is -2.05. The number of carbonyl (C=O) groups is 2. The van der Waals surface area contributed by atoms with Crippen LogP contribution in [0.5, 0.6) is 5.75 Å². The van der Waals surface area contributed by atoms with Crippen molar-refractivity contribution in [2.75, 3.05) is 5.32 Å². The van der Waals surface area contributed by atoms with E-state index in [4.69, 9.17) is 21.4 Å². The SMILES string of the molecule is O=C(O)c1ccc(NC(=O)C2Cc3cc(Cl)ccc3O2)s1. The number of fused-ring (bicyclic) bond motifs is 1. The maximum Gasteiger partial charge on any atom is 0.345 e. The Kier molecular flexibility index (Phi) is 3.57. The molecule has 21 heavy (non-hydrogen) atoms. The van der Waals surface area contributed by atoms with E-state index < -0.39 is 12.1 Å². The summed E-state index contributed by atoms with van der Waals surface area (Å²) in [6.45, 7) is 0. The van der Waals surface area contributed by atoms with E-state index in [1.165, 1.54) is 6.07 Å². The van der Waals surface area contributed by atoms with Crippen LogP contribution in [0.4, 0.5) is 5.00 Å². The second kappa shape index (κ2) is 5.38. The second-order valence-electron chi connectivity index (χ2n) is 4.52. The summed E-state index contributed by atoms with van der Waals surface area (Å²) in [6, 6.07) is 8.23. The molecular formula is C14H10ClNO4S. The number of benzene rings is 1. The number of hydrogen-bond acceptors (Lipinski definition) is 4. The normalized spacial score (nSPS) is 16.1. The molecule has 2 heterocycles. The molecular weight excluding hydrogens is 314 g/mol. The van der Waals surface area contributed by atoms with Gasteiger partial charge in [0.15, 0.2) is 6.10 Å². The highest BCUT2D eigenvalue weighted by Crippen LogP contribution is 2.32. The van der Waals surface area contributed by atoms with Crippen molar-refractivity contribution in [3.8, 4) is 5.75 Å². The molecule has 1 unspecified atom stereocenters. The van der Waals surface area contributed by atoms with Crippen LogP contribution >= 0.6 is 22.9 Å². The molecule has 1 aromatic heterocycles. The van der Waals surface area contributed by atoms with Gasteiger partial charge in [-0.05, 0) is 35.9 Å². The monoisotopic (exact) mass is 323 g/mol. The highest BCUT2D eigenvalue weighted by molar-refractivity contribution is 7.18. The number of amides is 1. The average molecular weight is 324 g/mol. The fraction of sp³-hybridized carbons (Fsp3) is 0.143. The van der Waals surface area contributed by atoms with Crippen molar-refractivity contribution in [3.63, 3.8) is 0 Å². The number of anilines is 1. The summed E-state index contributed by atoms with van der Waals surface area (Å²) in [7, 11) is 0. The summed E-state index contributed by atoms with van der Waals surface area (Å²) in [5, 5.41) is 12.6. The molecule has 0 bridgehead atoms. The van der Waals surface area contributed by atoms with Crippen LogP contribution in [0.15, 0.2) is 30.3 Å². The zero-order chi connectivity index (χ0) is 15.0. The van der Waals surface area contributed by atoms with Crippen LogP contribution in [0.3, 0.4) is 0 Å². The molecule has 0 saturated carbocycles. The van der Waals surface area contributed by atoms with Crippen molar-refractivity contribution < 1.29 is 19.4 Å². The number of hydrogen-bond donors (Lipinski definition) is 2. The highest BCUT2D eigenvalue weighted by Gasteiger charge is 2.29. The number of nitrogens with one attached hydrogen (secondary N) is 1. The number of halogens is 1. The van der Waals surface area contributed by atoms with E-state index in [-0.39, 0.29) is 10.8 Å². The fourth-order valence-corrected chi connectivity index (χ4v) is 3.03. The molecule has 0 fully saturated rings. The lowest BCUT2D eigenvalue weighted by Crippen LogP contribution is -2.31. The van der Waals surface area contributed by atoms with Crippen LogP contribution < -0.4 is 10.1 Å². The summed E-state index contributed by atoms with van der Waals surface area (Å²) in [4.78, 5) is 23.1. The quantitative estimate of drug-likeness (QED) is 0.910. The number of ether oxygens (including phenoxy) is 1. The Morgan fingerprint density at radius 2 is 2.14 bits per heavy atom. The third kappa shape index (κ3) is 2.86. The van der Waals surface area contributed by atoms with Gasteiger partial charge in [-0.15, -0.1) is 11.3 Å². The Morgan fingerprint density at radius 1 is 1.33 bits per heavy atom. The van der Waals surface area contributed by atoms with Crippen molar-refractivity contribution in [2.24, 2.45) is 0 Å². The highest BCUT2D eigenvalue weighted by atomic mass is 35.5. The predicted molar refractivity (Wildman–Crippen MR) is 79.5 cm³/mol. The Bertz CT molecular complexity index is 728. The van der Waals surface area contributed by atoms with E-state index >= 15 is 0 Å². The molecule has 108 valence electrons. The first-order valence-electron chi connectivity index (χ1n) is 6.12. The van der Waals surface area contributed by atoms with E-state index in [1.807, 2.05) is 0 Å². The molecule has 1 atom stereocenters. The molecule has 1 aromatic carbocycles. The molecule has 2 aromatic rings. The average Bonchev–Trinajstić information content (AvgIpc) is 3.04. The van der Waals surface area contributed by atoms with E-state index in [2.05, 4.69) is 5.32 Å². The molecule has 5 nitrogen and oxygen atoms in total. The number of carboxylic acid groups (broad SMARTS) is 1. The topological polar surface area (TPSA) is 75.6 Å². The largest absolute Gasteiger partial charge is 0.480 e. The molecule has 1 aliphatic rings. The summed E-state index contributed by atoms with van der Waals surface area (Å²) in [5.41, 5.74) is 0.889. The van der Waals surface area contributed by atoms with E-state index in [9.17, 15) is 9.59 Å². The first-order chi connectivity index (χ1) is 10.0. The lowest BCUT2D eigenvalue weighted by atomic mass is 10.1. The van der Waals surface area contributed by atoms with Gasteiger partial charge in [0, 0.05) is 11.4 Å². The minimum atomic E-state index is -1.01. The van der Waals surface area contributed by atoms with Crippen LogP contribution in [-0.4, -0.2) is 23.1 Å². The number of carbonyl (C=O) groups excluding carboxylic acids is 1. The van der Waals surface area contributed by atoms with Crippen molar-refractivity contribution in [2.45, 2.75) is 12.5 Å². The summed E-state index contributed by atoms with van der Waals surface area (Å²) in [5.74, 6) is -0.669. The minimum absolute atomic E-state index is 0.174. The number of carboxylic acids is 1. The number of rotatable bonds is 3. The first kappa shape index (κ1) is 13.9. The smallest absolute Gasteiger partial charge is 0.345 e. The standard InChI is InChI=1S/C14H10ClNO4S/c15-8-1-2-9-7(5-8)6-10(20-9)13(17)16-12-4-3-11(21-12)14(18)19/h1-5,10H,6H2,(H,16,17)(H,18,19). The van der Waals surface area contributed by atoms with Crippen molar-refractivity contribution in [1.82, 2.24) is 0 Å². The lowest BCUT2D eigenvalue weighted by molar-refractivity contribution is -0.122. The molecule has 0 spiro atoms. The second-order valence-corrected chi connectivity index (χ2v) is 6.04. The Morgan fingerprint density at radius 3 is 2.86 bits per heavy atom. The van der Waals surface area contributed by atoms with Gasteiger partial charge < -0.3 is 15.2 Å². The molecule has 2 N–H and O–H groups in total. The number of aromatic carboxylic acids is 1. The molecule has 0 saturated heterocycles. The van der Waals surface area contributed by atoms with Gasteiger partial charge in [0.1, 0.15) is 10.6 Å². The molecule has 1 aliphatic heterocycles. The molecule has 3 rings (SSSR count). The fourth-order valence-electron chi connectivity index (χ4n) is 2.09. The van der Waals surface area contributed by atoms with Crippen LogP contribution in [0, 0.1) is 0 Å².